The van der Waals surface area contributed by atoms with Gasteiger partial charge in [0.05, 0.1) is 11.4 Å². The highest BCUT2D eigenvalue weighted by Crippen LogP contribution is 2.16. The molecule has 0 aliphatic heterocycles. The second-order valence-electron chi connectivity index (χ2n) is 4.91. The molecular formula is C17H14ClN3O. The Labute approximate surface area is 133 Å². The number of nitrogens with one attached hydrogen (secondary N) is 1. The molecule has 3 rings (SSSR count). The van der Waals surface area contributed by atoms with E-state index in [-0.39, 0.29) is 5.91 Å². The third-order valence-corrected chi connectivity index (χ3v) is 3.43. The van der Waals surface area contributed by atoms with E-state index in [9.17, 15) is 4.79 Å². The molecule has 0 spiro atoms. The quantitative estimate of drug-likeness (QED) is 0.792. The number of anilines is 1. The molecule has 4 nitrogen and oxygen atoms in total. The van der Waals surface area contributed by atoms with Crippen molar-refractivity contribution >= 4 is 23.2 Å². The third kappa shape index (κ3) is 3.18. The summed E-state index contributed by atoms with van der Waals surface area (Å²) in [5.41, 5.74) is 3.14. The van der Waals surface area contributed by atoms with E-state index in [0.717, 1.165) is 17.1 Å². The molecule has 1 amide bonds. The van der Waals surface area contributed by atoms with Crippen LogP contribution in [0.15, 0.2) is 60.8 Å². The van der Waals surface area contributed by atoms with E-state index in [4.69, 9.17) is 11.6 Å². The summed E-state index contributed by atoms with van der Waals surface area (Å²) in [6.45, 7) is 1.94. The molecule has 1 N–H and O–H groups in total. The maximum atomic E-state index is 12.1. The lowest BCUT2D eigenvalue weighted by Crippen LogP contribution is -2.11. The highest BCUT2D eigenvalue weighted by atomic mass is 35.5. The molecule has 0 fully saturated rings. The summed E-state index contributed by atoms with van der Waals surface area (Å²) < 4.78 is 1.79. The molecule has 0 unspecified atom stereocenters. The predicted octanol–water partition coefficient (Wildman–Crippen LogP) is 4.09. The van der Waals surface area contributed by atoms with Crippen LogP contribution in [0.4, 0.5) is 5.69 Å². The van der Waals surface area contributed by atoms with E-state index >= 15 is 0 Å². The first-order chi connectivity index (χ1) is 10.6. The molecule has 0 aliphatic rings. The Balaban J connectivity index is 1.75. The van der Waals surface area contributed by atoms with Crippen LogP contribution in [0, 0.1) is 6.92 Å². The number of carbonyl (C=O) groups is 1. The molecule has 0 aliphatic carbocycles. The van der Waals surface area contributed by atoms with Gasteiger partial charge in [0.2, 0.25) is 0 Å². The summed E-state index contributed by atoms with van der Waals surface area (Å²) in [5.74, 6) is -0.190. The molecule has 5 heteroatoms. The van der Waals surface area contributed by atoms with Gasteiger partial charge in [-0.1, -0.05) is 17.7 Å². The minimum atomic E-state index is -0.190. The van der Waals surface area contributed by atoms with E-state index in [2.05, 4.69) is 10.4 Å². The zero-order valence-corrected chi connectivity index (χ0v) is 12.7. The number of halogens is 1. The molecule has 0 radical (unpaired) electrons. The van der Waals surface area contributed by atoms with Crippen molar-refractivity contribution in [3.05, 3.63) is 77.1 Å². The lowest BCUT2D eigenvalue weighted by Gasteiger charge is -2.07. The summed E-state index contributed by atoms with van der Waals surface area (Å²) in [6.07, 6.45) is 1.90. The van der Waals surface area contributed by atoms with Gasteiger partial charge in [-0.25, -0.2) is 4.68 Å². The predicted molar refractivity (Wildman–Crippen MR) is 87.7 cm³/mol. The average Bonchev–Trinajstić information content (AvgIpc) is 2.94. The number of nitrogens with zero attached hydrogens (tertiary/aromatic N) is 2. The van der Waals surface area contributed by atoms with Crippen LogP contribution in [0.3, 0.4) is 0 Å². The molecule has 110 valence electrons. The zero-order valence-electron chi connectivity index (χ0n) is 12.0. The van der Waals surface area contributed by atoms with Crippen molar-refractivity contribution in [2.45, 2.75) is 6.92 Å². The third-order valence-electron chi connectivity index (χ3n) is 3.20. The van der Waals surface area contributed by atoms with Crippen molar-refractivity contribution in [3.63, 3.8) is 0 Å². The topological polar surface area (TPSA) is 46.9 Å². The Morgan fingerprint density at radius 1 is 1.14 bits per heavy atom. The fraction of sp³-hybridized carbons (Fsp3) is 0.0588. The molecule has 0 saturated heterocycles. The maximum absolute atomic E-state index is 12.1. The number of rotatable bonds is 3. The standard InChI is InChI=1S/C17H14ClN3O/c1-12-9-10-21(20-12)16-7-5-15(6-8-16)19-17(22)13-3-2-4-14(18)11-13/h2-11H,1H3,(H,19,22). The van der Waals surface area contributed by atoms with Gasteiger partial charge < -0.3 is 5.32 Å². The molecule has 0 saturated carbocycles. The summed E-state index contributed by atoms with van der Waals surface area (Å²) in [7, 11) is 0. The van der Waals surface area contributed by atoms with Crippen LogP contribution >= 0.6 is 11.6 Å². The van der Waals surface area contributed by atoms with Gasteiger partial charge in [-0.2, -0.15) is 5.10 Å². The van der Waals surface area contributed by atoms with Crippen molar-refractivity contribution in [3.8, 4) is 5.69 Å². The zero-order chi connectivity index (χ0) is 15.5. The Hall–Kier alpha value is -2.59. The van der Waals surface area contributed by atoms with Crippen molar-refractivity contribution in [2.24, 2.45) is 0 Å². The first-order valence-electron chi connectivity index (χ1n) is 6.81. The molecule has 1 heterocycles. The summed E-state index contributed by atoms with van der Waals surface area (Å²) in [4.78, 5) is 12.1. The number of aromatic nitrogens is 2. The molecule has 0 bridgehead atoms. The SMILES string of the molecule is Cc1ccn(-c2ccc(NC(=O)c3cccc(Cl)c3)cc2)n1. The summed E-state index contributed by atoms with van der Waals surface area (Å²) >= 11 is 5.89. The number of amides is 1. The average molecular weight is 312 g/mol. The fourth-order valence-electron chi connectivity index (χ4n) is 2.09. The number of benzene rings is 2. The van der Waals surface area contributed by atoms with Crippen LogP contribution in [0.5, 0.6) is 0 Å². The van der Waals surface area contributed by atoms with Crippen LogP contribution in [-0.2, 0) is 0 Å². The second kappa shape index (κ2) is 6.03. The van der Waals surface area contributed by atoms with Crippen LogP contribution in [0.25, 0.3) is 5.69 Å². The summed E-state index contributed by atoms with van der Waals surface area (Å²) in [5, 5.41) is 7.72. The lowest BCUT2D eigenvalue weighted by atomic mass is 10.2. The van der Waals surface area contributed by atoms with E-state index < -0.39 is 0 Å². The van der Waals surface area contributed by atoms with Gasteiger partial charge in [0, 0.05) is 22.5 Å². The minimum absolute atomic E-state index is 0.190. The Kier molecular flexibility index (Phi) is 3.94. The van der Waals surface area contributed by atoms with Crippen LogP contribution in [0.1, 0.15) is 16.1 Å². The van der Waals surface area contributed by atoms with E-state index in [0.29, 0.717) is 10.6 Å². The first kappa shape index (κ1) is 14.4. The van der Waals surface area contributed by atoms with Gasteiger partial charge in [-0.15, -0.1) is 0 Å². The van der Waals surface area contributed by atoms with Crippen molar-refractivity contribution < 1.29 is 4.79 Å². The largest absolute Gasteiger partial charge is 0.322 e. The highest BCUT2D eigenvalue weighted by Gasteiger charge is 2.06. The maximum Gasteiger partial charge on any atom is 0.255 e. The second-order valence-corrected chi connectivity index (χ2v) is 5.35. The number of hydrogen-bond donors (Lipinski definition) is 1. The molecule has 3 aromatic rings. The first-order valence-corrected chi connectivity index (χ1v) is 7.19. The van der Waals surface area contributed by atoms with E-state index in [1.165, 1.54) is 0 Å². The van der Waals surface area contributed by atoms with Crippen molar-refractivity contribution in [2.75, 3.05) is 5.32 Å². The van der Waals surface area contributed by atoms with Crippen LogP contribution in [-0.4, -0.2) is 15.7 Å². The monoisotopic (exact) mass is 311 g/mol. The smallest absolute Gasteiger partial charge is 0.255 e. The summed E-state index contributed by atoms with van der Waals surface area (Å²) in [6, 6.07) is 16.3. The molecule has 0 atom stereocenters. The van der Waals surface area contributed by atoms with Gasteiger partial charge >= 0.3 is 0 Å². The van der Waals surface area contributed by atoms with Crippen LogP contribution < -0.4 is 5.32 Å². The van der Waals surface area contributed by atoms with Gasteiger partial charge in [0.25, 0.3) is 5.91 Å². The van der Waals surface area contributed by atoms with Gasteiger partial charge in [0.1, 0.15) is 0 Å². The minimum Gasteiger partial charge on any atom is -0.322 e. The number of hydrogen-bond acceptors (Lipinski definition) is 2. The van der Waals surface area contributed by atoms with Gasteiger partial charge in [-0.3, -0.25) is 4.79 Å². The van der Waals surface area contributed by atoms with Crippen molar-refractivity contribution in [1.82, 2.24) is 9.78 Å². The van der Waals surface area contributed by atoms with Crippen LogP contribution in [0.2, 0.25) is 5.02 Å². The number of aryl methyl sites for hydroxylation is 1. The molecular weight excluding hydrogens is 298 g/mol. The van der Waals surface area contributed by atoms with Gasteiger partial charge in [0.15, 0.2) is 0 Å². The normalized spacial score (nSPS) is 10.5. The molecule has 22 heavy (non-hydrogen) atoms. The fourth-order valence-corrected chi connectivity index (χ4v) is 2.28. The Morgan fingerprint density at radius 3 is 2.55 bits per heavy atom. The molecule has 1 aromatic heterocycles. The van der Waals surface area contributed by atoms with E-state index in [1.54, 1.807) is 28.9 Å². The van der Waals surface area contributed by atoms with E-state index in [1.807, 2.05) is 43.5 Å². The molecule has 2 aromatic carbocycles. The lowest BCUT2D eigenvalue weighted by molar-refractivity contribution is 0.102. The van der Waals surface area contributed by atoms with Crippen molar-refractivity contribution in [1.29, 1.82) is 0 Å². The number of carbonyl (C=O) groups excluding carboxylic acids is 1. The Bertz CT molecular complexity index is 809. The van der Waals surface area contributed by atoms with Gasteiger partial charge in [-0.05, 0) is 55.5 Å². The highest BCUT2D eigenvalue weighted by molar-refractivity contribution is 6.31. The Morgan fingerprint density at radius 2 is 1.91 bits per heavy atom.